The van der Waals surface area contributed by atoms with Gasteiger partial charge in [-0.15, -0.1) is 0 Å². The maximum Gasteiger partial charge on any atom is 0.418 e. The van der Waals surface area contributed by atoms with Crippen LogP contribution in [0.3, 0.4) is 0 Å². The van der Waals surface area contributed by atoms with Crippen LogP contribution in [0.2, 0.25) is 0 Å². The van der Waals surface area contributed by atoms with Gasteiger partial charge in [-0.1, -0.05) is 0 Å². The van der Waals surface area contributed by atoms with E-state index in [2.05, 4.69) is 0 Å². The number of rotatable bonds is 3. The molecule has 51 heavy (non-hydrogen) atoms. The normalized spacial score (nSPS) is 12.2. The fourth-order valence-electron chi connectivity index (χ4n) is 5.45. The van der Waals surface area contributed by atoms with Crippen molar-refractivity contribution in [2.45, 2.75) is 32.1 Å². The minimum Gasteiger partial charge on any atom is -0.202 e. The van der Waals surface area contributed by atoms with E-state index in [-0.39, 0.29) is 6.07 Å². The summed E-state index contributed by atoms with van der Waals surface area (Å²) in [4.78, 5) is 0. The molecule has 0 fully saturated rings. The van der Waals surface area contributed by atoms with Gasteiger partial charge in [0.1, 0.15) is 36.4 Å². The zero-order valence-corrected chi connectivity index (χ0v) is 25.3. The number of benzene rings is 3. The number of nitriles is 9. The Morgan fingerprint density at radius 3 is 1.29 bits per heavy atom. The predicted octanol–water partition coefficient (Wildman–Crippen LogP) is 5.69. The maximum absolute atomic E-state index is 14.5. The van der Waals surface area contributed by atoms with Gasteiger partial charge >= 0.3 is 12.4 Å². The molecular weight excluding hydrogens is 686 g/mol. The molecule has 246 valence electrons. The fraction of sp³-hybridized carbons (Fsp3) is 0.147. The molecule has 0 N–H and O–H groups in total. The highest BCUT2D eigenvalue weighted by molar-refractivity contribution is 5.87. The monoisotopic (exact) mass is 695 g/mol. The van der Waals surface area contributed by atoms with Gasteiger partial charge in [0.15, 0.2) is 0 Å². The summed E-state index contributed by atoms with van der Waals surface area (Å²) in [6, 6.07) is 13.9. The van der Waals surface area contributed by atoms with Crippen molar-refractivity contribution in [1.29, 1.82) is 47.4 Å². The largest absolute Gasteiger partial charge is 0.418 e. The molecule has 0 aliphatic rings. The van der Waals surface area contributed by atoms with E-state index in [9.17, 15) is 82.5 Å². The zero-order valence-electron chi connectivity index (χ0n) is 25.3. The lowest BCUT2D eigenvalue weighted by Gasteiger charge is -2.20. The third-order valence-electron chi connectivity index (χ3n) is 7.33. The minimum absolute atomic E-state index is 0.126. The van der Waals surface area contributed by atoms with Crippen molar-refractivity contribution >= 4 is 11.1 Å². The highest BCUT2D eigenvalue weighted by atomic mass is 19.4. The van der Waals surface area contributed by atoms with Crippen LogP contribution in [-0.4, -0.2) is 0 Å². The minimum atomic E-state index is -5.96. The molecular formula is C34H9F8N9. The third kappa shape index (κ3) is 6.30. The first-order chi connectivity index (χ1) is 23.8. The van der Waals surface area contributed by atoms with Crippen LogP contribution in [-0.2, 0) is 18.3 Å². The van der Waals surface area contributed by atoms with Crippen LogP contribution in [0.4, 0.5) is 35.1 Å². The first kappa shape index (κ1) is 37.7. The van der Waals surface area contributed by atoms with Crippen LogP contribution >= 0.6 is 0 Å². The van der Waals surface area contributed by atoms with Gasteiger partial charge in [0.2, 0.25) is 0 Å². The van der Waals surface area contributed by atoms with Gasteiger partial charge in [-0.2, -0.15) is 73.7 Å². The van der Waals surface area contributed by atoms with Crippen LogP contribution in [0, 0.1) is 109 Å². The van der Waals surface area contributed by atoms with Crippen molar-refractivity contribution in [2.24, 2.45) is 0 Å². The third-order valence-corrected chi connectivity index (χ3v) is 7.33. The first-order valence-corrected chi connectivity index (χ1v) is 13.3. The Morgan fingerprint density at radius 2 is 0.922 bits per heavy atom. The molecule has 0 aliphatic heterocycles. The summed E-state index contributed by atoms with van der Waals surface area (Å²) in [6.07, 6.45) is -11.8. The van der Waals surface area contributed by atoms with E-state index >= 15 is 0 Å². The molecule has 0 heterocycles. The predicted molar refractivity (Wildman–Crippen MR) is 152 cm³/mol. The van der Waals surface area contributed by atoms with Crippen molar-refractivity contribution in [3.8, 4) is 54.6 Å². The molecule has 0 radical (unpaired) electrons. The van der Waals surface area contributed by atoms with Crippen LogP contribution in [0.15, 0.2) is 18.2 Å². The van der Waals surface area contributed by atoms with Crippen LogP contribution in [0.1, 0.15) is 79.2 Å². The smallest absolute Gasteiger partial charge is 0.202 e. The molecule has 0 spiro atoms. The lowest BCUT2D eigenvalue weighted by atomic mass is 9.84. The number of hydrogen-bond donors (Lipinski definition) is 0. The Bertz CT molecular complexity index is 2600. The van der Waals surface area contributed by atoms with E-state index in [1.165, 1.54) is 30.3 Å². The topological polar surface area (TPSA) is 214 Å². The SMILES string of the molecule is Cc1c(C#N)c(/C(C#N)=c2/cc(C#N)/c(=C(/C#N)c3cc(C#N)c(C(F)(F)F)c(C(F)(F)F)c3C#N)c(C#N)c2C#N)cc(C#N)c1C(C)(F)F. The Labute approximate surface area is 281 Å². The van der Waals surface area contributed by atoms with Crippen LogP contribution in [0.25, 0.3) is 11.1 Å². The molecule has 3 aromatic rings. The molecule has 0 amide bonds. The van der Waals surface area contributed by atoms with Gasteiger partial charge in [-0.25, -0.2) is 8.78 Å². The molecule has 17 heteroatoms. The van der Waals surface area contributed by atoms with Gasteiger partial charge in [0.25, 0.3) is 5.92 Å². The lowest BCUT2D eigenvalue weighted by Crippen LogP contribution is -2.27. The average molecular weight is 695 g/mol. The van der Waals surface area contributed by atoms with Crippen LogP contribution in [0.5, 0.6) is 0 Å². The van der Waals surface area contributed by atoms with Gasteiger partial charge in [-0.3, -0.25) is 0 Å². The molecule has 0 saturated carbocycles. The molecule has 3 rings (SSSR count). The molecule has 0 aliphatic carbocycles. The van der Waals surface area contributed by atoms with Gasteiger partial charge in [0, 0.05) is 34.1 Å². The molecule has 0 bridgehead atoms. The van der Waals surface area contributed by atoms with E-state index in [0.717, 1.165) is 25.1 Å². The number of nitrogens with zero attached hydrogens (tertiary/aromatic N) is 9. The van der Waals surface area contributed by atoms with Crippen molar-refractivity contribution in [1.82, 2.24) is 0 Å². The summed E-state index contributed by atoms with van der Waals surface area (Å²) >= 11 is 0. The second-order valence-corrected chi connectivity index (χ2v) is 10.2. The van der Waals surface area contributed by atoms with Crippen molar-refractivity contribution in [3.63, 3.8) is 0 Å². The summed E-state index contributed by atoms with van der Waals surface area (Å²) < 4.78 is 113. The van der Waals surface area contributed by atoms with Crippen molar-refractivity contribution in [3.05, 3.63) is 101 Å². The second-order valence-electron chi connectivity index (χ2n) is 10.2. The van der Waals surface area contributed by atoms with E-state index in [1.807, 2.05) is 0 Å². The van der Waals surface area contributed by atoms with Gasteiger partial charge in [-0.05, 0) is 30.7 Å². The van der Waals surface area contributed by atoms with Gasteiger partial charge in [0.05, 0.1) is 79.4 Å². The Morgan fingerprint density at radius 1 is 0.490 bits per heavy atom. The number of hydrogen-bond acceptors (Lipinski definition) is 9. The average Bonchev–Trinajstić information content (AvgIpc) is 3.06. The quantitative estimate of drug-likeness (QED) is 0.307. The summed E-state index contributed by atoms with van der Waals surface area (Å²) in [6.45, 7) is 1.47. The van der Waals surface area contributed by atoms with E-state index in [4.69, 9.17) is 0 Å². The highest BCUT2D eigenvalue weighted by Gasteiger charge is 2.48. The summed E-state index contributed by atoms with van der Waals surface area (Å²) in [5, 5.41) is 87.6. The zero-order chi connectivity index (χ0) is 38.8. The Balaban J connectivity index is 2.86. The number of alkyl halides is 8. The molecule has 0 atom stereocenters. The standard InChI is InChI=1S/C34H9F8N9/c1-15-22(9-46)19(4-17(7-44)29(15)32(2,35)36)23(10-47)20-3-16(6-43)28(26(13-50)24(20)11-48)25(12-49)21-5-18(8-45)30(33(37,38)39)31(27(21)14-51)34(40,41)42/h3-5H,1-2H3/b23-20-,28-25+. The van der Waals surface area contributed by atoms with E-state index < -0.39 is 112 Å². The maximum atomic E-state index is 14.5. The molecule has 0 aromatic heterocycles. The summed E-state index contributed by atoms with van der Waals surface area (Å²) in [5.41, 5.74) is -17.9. The molecule has 3 aromatic carbocycles. The highest BCUT2D eigenvalue weighted by Crippen LogP contribution is 2.45. The van der Waals surface area contributed by atoms with Gasteiger partial charge < -0.3 is 0 Å². The lowest BCUT2D eigenvalue weighted by molar-refractivity contribution is -0.162. The summed E-state index contributed by atoms with van der Waals surface area (Å²) in [7, 11) is 0. The Kier molecular flexibility index (Phi) is 9.91. The van der Waals surface area contributed by atoms with Crippen LogP contribution < -0.4 is 10.4 Å². The Hall–Kier alpha value is -7.75. The fourth-order valence-corrected chi connectivity index (χ4v) is 5.45. The van der Waals surface area contributed by atoms with E-state index in [0.29, 0.717) is 13.0 Å². The first-order valence-electron chi connectivity index (χ1n) is 13.3. The van der Waals surface area contributed by atoms with E-state index in [1.54, 1.807) is 12.1 Å². The number of halogens is 8. The molecule has 0 saturated heterocycles. The van der Waals surface area contributed by atoms with Crippen molar-refractivity contribution in [2.75, 3.05) is 0 Å². The second kappa shape index (κ2) is 13.4. The summed E-state index contributed by atoms with van der Waals surface area (Å²) in [5.74, 6) is -3.67. The van der Waals surface area contributed by atoms with Crippen molar-refractivity contribution < 1.29 is 35.1 Å². The molecule has 9 nitrogen and oxygen atoms in total. The molecule has 0 unspecified atom stereocenters.